The van der Waals surface area contributed by atoms with E-state index in [1.165, 1.54) is 12.8 Å². The summed E-state index contributed by atoms with van der Waals surface area (Å²) in [4.78, 5) is 18.7. The Morgan fingerprint density at radius 3 is 2.58 bits per heavy atom. The van der Waals surface area contributed by atoms with Crippen molar-refractivity contribution in [3.63, 3.8) is 0 Å². The van der Waals surface area contributed by atoms with Crippen LogP contribution in [0.2, 0.25) is 0 Å². The zero-order chi connectivity index (χ0) is 27.9. The highest BCUT2D eigenvalue weighted by molar-refractivity contribution is 5.76. The van der Waals surface area contributed by atoms with Gasteiger partial charge in [-0.15, -0.1) is 15.3 Å². The molecule has 1 saturated heterocycles. The van der Waals surface area contributed by atoms with E-state index in [1.54, 1.807) is 15.6 Å². The first-order valence-electron chi connectivity index (χ1n) is 14.0. The lowest BCUT2D eigenvalue weighted by Crippen LogP contribution is -2.42. The predicted molar refractivity (Wildman–Crippen MR) is 152 cm³/mol. The van der Waals surface area contributed by atoms with E-state index in [2.05, 4.69) is 25.6 Å². The van der Waals surface area contributed by atoms with E-state index in [4.69, 9.17) is 15.6 Å². The molecule has 1 saturated carbocycles. The topological polar surface area (TPSA) is 141 Å². The summed E-state index contributed by atoms with van der Waals surface area (Å²) in [6.45, 7) is 6.91. The number of hydrogen-bond acceptors (Lipinski definition) is 9. The van der Waals surface area contributed by atoms with Crippen LogP contribution >= 0.6 is 0 Å². The molecule has 4 aromatic rings. The van der Waals surface area contributed by atoms with E-state index in [0.29, 0.717) is 42.0 Å². The molecule has 12 heteroatoms. The Morgan fingerprint density at radius 1 is 1.05 bits per heavy atom. The van der Waals surface area contributed by atoms with Crippen molar-refractivity contribution in [2.24, 2.45) is 0 Å². The Bertz CT molecular complexity index is 1510. The number of anilines is 2. The highest BCUT2D eigenvalue weighted by Gasteiger charge is 2.28. The molecule has 6 rings (SSSR count). The number of carbonyl (C=O) groups is 1. The van der Waals surface area contributed by atoms with Crippen LogP contribution in [-0.2, 0) is 4.74 Å². The van der Waals surface area contributed by atoms with Crippen LogP contribution in [0.1, 0.15) is 65.3 Å². The van der Waals surface area contributed by atoms with E-state index >= 15 is 0 Å². The second-order valence-corrected chi connectivity index (χ2v) is 11.7. The molecule has 4 aromatic heterocycles. The van der Waals surface area contributed by atoms with Gasteiger partial charge in [0.2, 0.25) is 0 Å². The van der Waals surface area contributed by atoms with Crippen molar-refractivity contribution in [3.8, 4) is 22.5 Å². The molecule has 12 nitrogen and oxygen atoms in total. The standard InChI is InChI=1S/C28H36N10O2/c1-28(2,3)40-27(39)36-12-10-21(11-13-36)37-17-19(16-31-37)18-14-22(25(29)30-15-18)26-34-33-24-9-8-23(35-38(24)26)32-20-6-4-5-7-20/h8-9,14-17,20-21H,4-7,10-13H2,1-3H3,(H2,29,30)(H,32,35). The second kappa shape index (κ2) is 10.4. The van der Waals surface area contributed by atoms with Crippen LogP contribution in [0, 0.1) is 0 Å². The molecule has 0 atom stereocenters. The Kier molecular flexibility index (Phi) is 6.77. The molecule has 2 fully saturated rings. The molecule has 0 radical (unpaired) electrons. The molecule has 3 N–H and O–H groups in total. The van der Waals surface area contributed by atoms with Crippen molar-refractivity contribution in [1.82, 2.24) is 39.5 Å². The highest BCUT2D eigenvalue weighted by atomic mass is 16.6. The van der Waals surface area contributed by atoms with Gasteiger partial charge in [0.1, 0.15) is 17.2 Å². The molecule has 1 aliphatic carbocycles. The van der Waals surface area contributed by atoms with Crippen molar-refractivity contribution >= 4 is 23.4 Å². The fourth-order valence-corrected chi connectivity index (χ4v) is 5.45. The normalized spacial score (nSPS) is 17.0. The number of nitrogens with one attached hydrogen (secondary N) is 1. The number of aromatic nitrogens is 7. The van der Waals surface area contributed by atoms with Gasteiger partial charge < -0.3 is 20.7 Å². The largest absolute Gasteiger partial charge is 0.444 e. The van der Waals surface area contributed by atoms with E-state index in [1.807, 2.05) is 56.0 Å². The molecule has 1 amide bonds. The SMILES string of the molecule is CC(C)(C)OC(=O)N1CCC(n2cc(-c3cnc(N)c(-c4nnc5ccc(NC6CCCC6)nn45)c3)cn2)CC1. The van der Waals surface area contributed by atoms with Gasteiger partial charge in [0.15, 0.2) is 11.5 Å². The number of carbonyl (C=O) groups excluding carboxylic acids is 1. The summed E-state index contributed by atoms with van der Waals surface area (Å²) in [5.41, 5.74) is 8.92. The van der Waals surface area contributed by atoms with E-state index in [-0.39, 0.29) is 12.1 Å². The van der Waals surface area contributed by atoms with Crippen LogP contribution in [0.4, 0.5) is 16.4 Å². The fraction of sp³-hybridized carbons (Fsp3) is 0.500. The molecule has 1 aliphatic heterocycles. The average molecular weight is 545 g/mol. The first kappa shape index (κ1) is 26.0. The maximum Gasteiger partial charge on any atom is 0.410 e. The van der Waals surface area contributed by atoms with Crippen LogP contribution in [0.25, 0.3) is 28.2 Å². The number of hydrogen-bond donors (Lipinski definition) is 2. The number of ether oxygens (including phenoxy) is 1. The smallest absolute Gasteiger partial charge is 0.410 e. The van der Waals surface area contributed by atoms with Crippen LogP contribution in [0.3, 0.4) is 0 Å². The minimum absolute atomic E-state index is 0.198. The van der Waals surface area contributed by atoms with E-state index in [0.717, 1.165) is 42.6 Å². The van der Waals surface area contributed by atoms with Gasteiger partial charge in [-0.1, -0.05) is 12.8 Å². The number of rotatable bonds is 5. The molecule has 210 valence electrons. The minimum atomic E-state index is -0.500. The molecular weight excluding hydrogens is 508 g/mol. The third kappa shape index (κ3) is 5.43. The number of likely N-dealkylation sites (tertiary alicyclic amines) is 1. The Hall–Kier alpha value is -4.22. The van der Waals surface area contributed by atoms with Crippen LogP contribution in [0.15, 0.2) is 36.8 Å². The number of nitrogens with two attached hydrogens (primary N) is 1. The monoisotopic (exact) mass is 544 g/mol. The maximum absolute atomic E-state index is 12.4. The average Bonchev–Trinajstić information content (AvgIpc) is 3.70. The quantitative estimate of drug-likeness (QED) is 0.370. The van der Waals surface area contributed by atoms with Gasteiger partial charge in [0, 0.05) is 42.7 Å². The lowest BCUT2D eigenvalue weighted by atomic mass is 10.1. The fourth-order valence-electron chi connectivity index (χ4n) is 5.45. The zero-order valence-electron chi connectivity index (χ0n) is 23.2. The lowest BCUT2D eigenvalue weighted by molar-refractivity contribution is 0.0185. The number of amides is 1. The summed E-state index contributed by atoms with van der Waals surface area (Å²) in [6.07, 6.45) is 11.8. The number of fused-ring (bicyclic) bond motifs is 1. The van der Waals surface area contributed by atoms with Gasteiger partial charge in [-0.25, -0.2) is 9.78 Å². The van der Waals surface area contributed by atoms with Crippen molar-refractivity contribution in [1.29, 1.82) is 0 Å². The van der Waals surface area contributed by atoms with Crippen molar-refractivity contribution < 1.29 is 9.53 Å². The number of pyridine rings is 1. The maximum atomic E-state index is 12.4. The number of piperidine rings is 1. The van der Waals surface area contributed by atoms with Crippen molar-refractivity contribution in [2.45, 2.75) is 77.0 Å². The third-order valence-corrected chi connectivity index (χ3v) is 7.55. The first-order valence-corrected chi connectivity index (χ1v) is 14.0. The molecular formula is C28H36N10O2. The number of nitrogen functional groups attached to an aromatic ring is 1. The van der Waals surface area contributed by atoms with Gasteiger partial charge in [-0.05, 0) is 64.7 Å². The van der Waals surface area contributed by atoms with Crippen molar-refractivity contribution in [2.75, 3.05) is 24.1 Å². The molecule has 2 aliphatic rings. The van der Waals surface area contributed by atoms with E-state index in [9.17, 15) is 4.79 Å². The van der Waals surface area contributed by atoms with Gasteiger partial charge in [-0.2, -0.15) is 9.61 Å². The summed E-state index contributed by atoms with van der Waals surface area (Å²) in [7, 11) is 0. The second-order valence-electron chi connectivity index (χ2n) is 11.7. The van der Waals surface area contributed by atoms with Gasteiger partial charge >= 0.3 is 6.09 Å². The summed E-state index contributed by atoms with van der Waals surface area (Å²) in [6, 6.07) is 6.46. The Balaban J connectivity index is 1.20. The lowest BCUT2D eigenvalue weighted by Gasteiger charge is -2.33. The first-order chi connectivity index (χ1) is 19.2. The summed E-state index contributed by atoms with van der Waals surface area (Å²) in [5, 5.41) is 21.6. The molecule has 0 bridgehead atoms. The van der Waals surface area contributed by atoms with Crippen LogP contribution in [0.5, 0.6) is 0 Å². The molecule has 0 aromatic carbocycles. The molecule has 0 spiro atoms. The summed E-state index contributed by atoms with van der Waals surface area (Å²) >= 11 is 0. The Morgan fingerprint density at radius 2 is 1.82 bits per heavy atom. The van der Waals surface area contributed by atoms with Crippen LogP contribution in [-0.4, -0.2) is 70.3 Å². The van der Waals surface area contributed by atoms with Crippen LogP contribution < -0.4 is 11.1 Å². The molecule has 5 heterocycles. The minimum Gasteiger partial charge on any atom is -0.444 e. The van der Waals surface area contributed by atoms with E-state index < -0.39 is 5.60 Å². The number of nitrogens with zero attached hydrogens (tertiary/aromatic N) is 8. The predicted octanol–water partition coefficient (Wildman–Crippen LogP) is 4.56. The third-order valence-electron chi connectivity index (χ3n) is 7.55. The van der Waals surface area contributed by atoms with Gasteiger partial charge in [-0.3, -0.25) is 4.68 Å². The van der Waals surface area contributed by atoms with Gasteiger partial charge in [0.25, 0.3) is 0 Å². The zero-order valence-corrected chi connectivity index (χ0v) is 23.2. The van der Waals surface area contributed by atoms with Gasteiger partial charge in [0.05, 0.1) is 17.8 Å². The Labute approximate surface area is 232 Å². The summed E-state index contributed by atoms with van der Waals surface area (Å²) in [5.74, 6) is 1.69. The van der Waals surface area contributed by atoms with Crippen molar-refractivity contribution in [3.05, 3.63) is 36.8 Å². The molecule has 0 unspecified atom stereocenters. The highest BCUT2D eigenvalue weighted by Crippen LogP contribution is 2.31. The summed E-state index contributed by atoms with van der Waals surface area (Å²) < 4.78 is 9.22. The molecule has 40 heavy (non-hydrogen) atoms.